The van der Waals surface area contributed by atoms with Gasteiger partial charge in [-0.1, -0.05) is 37.8 Å². The Morgan fingerprint density at radius 1 is 1.09 bits per heavy atom. The van der Waals surface area contributed by atoms with Gasteiger partial charge in [-0.2, -0.15) is 0 Å². The summed E-state index contributed by atoms with van der Waals surface area (Å²) in [6.45, 7) is 1.09. The van der Waals surface area contributed by atoms with Crippen LogP contribution in [0.3, 0.4) is 0 Å². The van der Waals surface area contributed by atoms with Crippen LogP contribution in [0.15, 0.2) is 24.3 Å². The largest absolute Gasteiger partial charge is 0.486 e. The maximum Gasteiger partial charge on any atom is 0.321 e. The van der Waals surface area contributed by atoms with E-state index in [1.165, 1.54) is 12.8 Å². The van der Waals surface area contributed by atoms with Gasteiger partial charge in [0.1, 0.15) is 12.6 Å². The Hall–Kier alpha value is -2.85. The summed E-state index contributed by atoms with van der Waals surface area (Å²) in [5.74, 6) is 0.722. The van der Waals surface area contributed by atoms with Crippen LogP contribution in [0, 0.1) is 11.8 Å². The number of urea groups is 1. The van der Waals surface area contributed by atoms with Gasteiger partial charge in [-0.3, -0.25) is 14.9 Å². The molecular weight excluding hydrogens is 440 g/mol. The predicted molar refractivity (Wildman–Crippen MR) is 122 cm³/mol. The predicted octanol–water partition coefficient (Wildman–Crippen LogP) is 1.82. The molecule has 1 saturated carbocycles. The second kappa shape index (κ2) is 11.5. The van der Waals surface area contributed by atoms with E-state index in [1.54, 1.807) is 11.0 Å². The van der Waals surface area contributed by atoms with Gasteiger partial charge in [0, 0.05) is 13.1 Å². The van der Waals surface area contributed by atoms with Crippen LogP contribution in [0.25, 0.3) is 0 Å². The number of nitrogens with zero attached hydrogens (tertiary/aromatic N) is 1. The van der Waals surface area contributed by atoms with Crippen molar-refractivity contribution in [2.45, 2.75) is 57.1 Å². The number of nitrogens with one attached hydrogen (secondary N) is 3. The number of rotatable bonds is 8. The summed E-state index contributed by atoms with van der Waals surface area (Å²) < 4.78 is 11.4. The summed E-state index contributed by atoms with van der Waals surface area (Å²) in [6.07, 6.45) is 6.07. The van der Waals surface area contributed by atoms with Crippen molar-refractivity contribution < 1.29 is 29.1 Å². The van der Waals surface area contributed by atoms with Crippen molar-refractivity contribution in [1.82, 2.24) is 21.0 Å². The fourth-order valence-electron chi connectivity index (χ4n) is 5.18. The minimum absolute atomic E-state index is 0.141. The molecule has 0 spiro atoms. The third-order valence-corrected chi connectivity index (χ3v) is 6.91. The second-order valence-electron chi connectivity index (χ2n) is 9.33. The van der Waals surface area contributed by atoms with Crippen molar-refractivity contribution in [2.75, 3.05) is 26.2 Å². The lowest BCUT2D eigenvalue weighted by Gasteiger charge is -2.29. The monoisotopic (exact) mass is 474 g/mol. The van der Waals surface area contributed by atoms with Crippen LogP contribution in [0.2, 0.25) is 0 Å². The smallest absolute Gasteiger partial charge is 0.321 e. The number of ether oxygens (including phenoxy) is 2. The number of fused-ring (bicyclic) bond motifs is 1. The van der Waals surface area contributed by atoms with Gasteiger partial charge in [0.15, 0.2) is 17.6 Å². The maximum absolute atomic E-state index is 13.2. The van der Waals surface area contributed by atoms with E-state index in [1.807, 2.05) is 18.2 Å². The normalized spacial score (nSPS) is 22.9. The highest BCUT2D eigenvalue weighted by Gasteiger charge is 2.38. The van der Waals surface area contributed by atoms with Crippen molar-refractivity contribution in [1.29, 1.82) is 0 Å². The molecule has 4 N–H and O–H groups in total. The molecule has 1 aromatic rings. The van der Waals surface area contributed by atoms with Crippen LogP contribution in [-0.2, 0) is 9.59 Å². The molecule has 0 radical (unpaired) electrons. The number of benzene rings is 1. The number of hydrogen-bond acceptors (Lipinski definition) is 7. The van der Waals surface area contributed by atoms with E-state index in [0.717, 1.165) is 12.8 Å². The van der Waals surface area contributed by atoms with E-state index in [2.05, 4.69) is 16.1 Å². The first-order valence-electron chi connectivity index (χ1n) is 12.2. The lowest BCUT2D eigenvalue weighted by molar-refractivity contribution is -0.142. The van der Waals surface area contributed by atoms with Crippen LogP contribution in [0.5, 0.6) is 11.5 Å². The molecule has 2 aliphatic heterocycles. The number of imide groups is 1. The SMILES string of the molecule is O=C(NCC1COc2ccccc2O1)NC(=O)[C@@H]1CCCN1C(=O)[C@@H](CNO)CC1CCCC1. The van der Waals surface area contributed by atoms with E-state index < -0.39 is 18.0 Å². The van der Waals surface area contributed by atoms with Crippen LogP contribution in [-0.4, -0.2) is 66.3 Å². The first kappa shape index (κ1) is 24.3. The summed E-state index contributed by atoms with van der Waals surface area (Å²) in [4.78, 5) is 40.0. The molecule has 10 heteroatoms. The molecule has 3 atom stereocenters. The Kier molecular flexibility index (Phi) is 8.23. The molecule has 1 saturated heterocycles. The number of likely N-dealkylation sites (tertiary alicyclic amines) is 1. The third-order valence-electron chi connectivity index (χ3n) is 6.91. The Morgan fingerprint density at radius 2 is 1.85 bits per heavy atom. The molecule has 3 aliphatic rings. The zero-order chi connectivity index (χ0) is 23.9. The van der Waals surface area contributed by atoms with E-state index in [-0.39, 0.29) is 37.6 Å². The molecule has 2 heterocycles. The van der Waals surface area contributed by atoms with Crippen molar-refractivity contribution in [2.24, 2.45) is 11.8 Å². The maximum atomic E-state index is 13.2. The molecule has 34 heavy (non-hydrogen) atoms. The number of carbonyl (C=O) groups is 3. The number of hydrogen-bond donors (Lipinski definition) is 4. The van der Waals surface area contributed by atoms with Crippen molar-refractivity contribution in [3.05, 3.63) is 24.3 Å². The highest BCUT2D eigenvalue weighted by atomic mass is 16.6. The van der Waals surface area contributed by atoms with Gasteiger partial charge < -0.3 is 24.9 Å². The van der Waals surface area contributed by atoms with Gasteiger partial charge in [0.05, 0.1) is 12.5 Å². The number of amides is 4. The number of para-hydroxylation sites is 2. The van der Waals surface area contributed by atoms with Gasteiger partial charge in [-0.25, -0.2) is 10.3 Å². The minimum Gasteiger partial charge on any atom is -0.486 e. The average Bonchev–Trinajstić information content (AvgIpc) is 3.54. The Morgan fingerprint density at radius 3 is 2.62 bits per heavy atom. The van der Waals surface area contributed by atoms with E-state index in [0.29, 0.717) is 43.2 Å². The van der Waals surface area contributed by atoms with Crippen LogP contribution in [0.4, 0.5) is 4.79 Å². The summed E-state index contributed by atoms with van der Waals surface area (Å²) in [6, 6.07) is 5.98. The van der Waals surface area contributed by atoms with Crippen molar-refractivity contribution in [3.63, 3.8) is 0 Å². The molecule has 1 aliphatic carbocycles. The van der Waals surface area contributed by atoms with E-state index in [9.17, 15) is 19.6 Å². The summed E-state index contributed by atoms with van der Waals surface area (Å²) in [7, 11) is 0. The van der Waals surface area contributed by atoms with Gasteiger partial charge in [-0.15, -0.1) is 0 Å². The lowest BCUT2D eigenvalue weighted by Crippen LogP contribution is -2.53. The van der Waals surface area contributed by atoms with Gasteiger partial charge >= 0.3 is 6.03 Å². The summed E-state index contributed by atoms with van der Waals surface area (Å²) in [5.41, 5.74) is 2.14. The Balaban J connectivity index is 1.26. The molecule has 4 rings (SSSR count). The third kappa shape index (κ3) is 5.98. The zero-order valence-electron chi connectivity index (χ0n) is 19.3. The Bertz CT molecular complexity index is 875. The van der Waals surface area contributed by atoms with Crippen molar-refractivity contribution >= 4 is 17.8 Å². The molecule has 2 fully saturated rings. The lowest BCUT2D eigenvalue weighted by atomic mass is 9.92. The highest BCUT2D eigenvalue weighted by molar-refractivity contribution is 5.99. The second-order valence-corrected chi connectivity index (χ2v) is 9.33. The quantitative estimate of drug-likeness (QED) is 0.423. The molecule has 0 bridgehead atoms. The highest BCUT2D eigenvalue weighted by Crippen LogP contribution is 2.32. The molecular formula is C24H34N4O6. The molecule has 186 valence electrons. The van der Waals surface area contributed by atoms with Gasteiger partial charge in [0.25, 0.3) is 5.91 Å². The first-order chi connectivity index (χ1) is 16.5. The van der Waals surface area contributed by atoms with Crippen LogP contribution < -0.4 is 25.6 Å². The van der Waals surface area contributed by atoms with Gasteiger partial charge in [0.2, 0.25) is 5.91 Å². The molecule has 10 nitrogen and oxygen atoms in total. The first-order valence-corrected chi connectivity index (χ1v) is 12.2. The van der Waals surface area contributed by atoms with Crippen LogP contribution in [0.1, 0.15) is 44.9 Å². The van der Waals surface area contributed by atoms with Crippen LogP contribution >= 0.6 is 0 Å². The summed E-state index contributed by atoms with van der Waals surface area (Å²) >= 11 is 0. The molecule has 1 aromatic carbocycles. The fraction of sp³-hybridized carbons (Fsp3) is 0.625. The average molecular weight is 475 g/mol. The van der Waals surface area contributed by atoms with Crippen molar-refractivity contribution in [3.8, 4) is 11.5 Å². The molecule has 0 aromatic heterocycles. The fourth-order valence-corrected chi connectivity index (χ4v) is 5.18. The number of hydroxylamine groups is 1. The molecule has 1 unspecified atom stereocenters. The van der Waals surface area contributed by atoms with E-state index in [4.69, 9.17) is 9.47 Å². The minimum atomic E-state index is -0.691. The topological polar surface area (TPSA) is 129 Å². The van der Waals surface area contributed by atoms with E-state index >= 15 is 0 Å². The Labute approximate surface area is 199 Å². The standard InChI is InChI=1S/C24H34N4O6/c29-22(27-24(31)25-14-18-15-33-20-9-3-4-10-21(20)34-18)19-8-5-11-28(19)23(30)17(13-26-32)12-16-6-1-2-7-16/h3-4,9-10,16-19,26,32H,1-2,5-8,11-15H2,(H2,25,27,29,31)/t17-,18?,19+/m1/s1. The zero-order valence-corrected chi connectivity index (χ0v) is 19.3. The summed E-state index contributed by atoms with van der Waals surface area (Å²) in [5, 5.41) is 14.3. The number of carbonyl (C=O) groups excluding carboxylic acids is 3. The van der Waals surface area contributed by atoms with Gasteiger partial charge in [-0.05, 0) is 37.3 Å². The molecule has 4 amide bonds.